The number of aromatic nitrogens is 4. The summed E-state index contributed by atoms with van der Waals surface area (Å²) < 4.78 is 0. The normalized spacial score (nSPS) is 14.5. The van der Waals surface area contributed by atoms with E-state index in [2.05, 4.69) is 52.1 Å². The van der Waals surface area contributed by atoms with Crippen LogP contribution in [0.4, 0.5) is 0 Å². The summed E-state index contributed by atoms with van der Waals surface area (Å²) in [7, 11) is 1.78. The number of hydrogen-bond acceptors (Lipinski definition) is 3. The first kappa shape index (κ1) is 10.6. The van der Waals surface area contributed by atoms with E-state index in [4.69, 9.17) is 0 Å². The van der Waals surface area contributed by atoms with Crippen LogP contribution in [0.15, 0.2) is 0 Å². The Morgan fingerprint density at radius 3 is 2.54 bits per heavy atom. The van der Waals surface area contributed by atoms with Crippen LogP contribution >= 0.6 is 15.9 Å². The quantitative estimate of drug-likeness (QED) is 0.763. The van der Waals surface area contributed by atoms with Gasteiger partial charge in [0.15, 0.2) is 5.82 Å². The van der Waals surface area contributed by atoms with Gasteiger partial charge in [0.25, 0.3) is 0 Å². The summed E-state index contributed by atoms with van der Waals surface area (Å²) in [6, 6.07) is 0. The number of aryl methyl sites for hydroxylation is 1. The van der Waals surface area contributed by atoms with Gasteiger partial charge in [0.2, 0.25) is 0 Å². The van der Waals surface area contributed by atoms with Crippen LogP contribution in [-0.2, 0) is 12.5 Å². The Kier molecular flexibility index (Phi) is 3.05. The molecule has 1 aromatic rings. The van der Waals surface area contributed by atoms with Gasteiger partial charge in [0, 0.05) is 10.2 Å². The van der Waals surface area contributed by atoms with Crippen LogP contribution in [0.5, 0.6) is 0 Å². The van der Waals surface area contributed by atoms with E-state index in [1.807, 2.05) is 0 Å². The second kappa shape index (κ2) is 3.74. The van der Waals surface area contributed by atoms with Crippen molar-refractivity contribution in [2.45, 2.75) is 37.4 Å². The molecule has 1 heterocycles. The van der Waals surface area contributed by atoms with Crippen molar-refractivity contribution >= 4 is 15.9 Å². The van der Waals surface area contributed by atoms with Gasteiger partial charge in [-0.3, -0.25) is 0 Å². The Bertz CT molecular complexity index is 279. The molecule has 0 aliphatic rings. The molecule has 0 spiro atoms. The molecule has 0 bridgehead atoms. The third kappa shape index (κ3) is 2.76. The van der Waals surface area contributed by atoms with E-state index in [1.165, 1.54) is 4.80 Å². The topological polar surface area (TPSA) is 43.6 Å². The van der Waals surface area contributed by atoms with E-state index in [0.29, 0.717) is 4.83 Å². The van der Waals surface area contributed by atoms with Gasteiger partial charge in [-0.25, -0.2) is 0 Å². The zero-order chi connectivity index (χ0) is 10.1. The van der Waals surface area contributed by atoms with Crippen LogP contribution in [0.2, 0.25) is 0 Å². The number of alkyl halides is 1. The van der Waals surface area contributed by atoms with Gasteiger partial charge in [-0.2, -0.15) is 4.80 Å². The summed E-state index contributed by atoms with van der Waals surface area (Å²) >= 11 is 3.53. The molecule has 0 aromatic carbocycles. The molecule has 1 rings (SSSR count). The minimum Gasteiger partial charge on any atom is -0.167 e. The summed E-state index contributed by atoms with van der Waals surface area (Å²) in [6.45, 7) is 6.38. The molecule has 0 saturated carbocycles. The van der Waals surface area contributed by atoms with Crippen LogP contribution in [0.1, 0.15) is 33.0 Å². The third-order valence-corrected chi connectivity index (χ3v) is 2.23. The van der Waals surface area contributed by atoms with Gasteiger partial charge in [-0.05, 0) is 11.6 Å². The van der Waals surface area contributed by atoms with Crippen LogP contribution < -0.4 is 0 Å². The predicted octanol–water partition coefficient (Wildman–Crippen LogP) is 1.66. The van der Waals surface area contributed by atoms with Gasteiger partial charge in [-0.15, -0.1) is 10.2 Å². The molecule has 0 aliphatic heterocycles. The van der Waals surface area contributed by atoms with E-state index in [1.54, 1.807) is 7.05 Å². The Hall–Kier alpha value is -0.450. The summed E-state index contributed by atoms with van der Waals surface area (Å²) in [5, 5.41) is 12.1. The SMILES string of the molecule is CC(Br)CC(C)(C)c1nnn(C)n1. The van der Waals surface area contributed by atoms with Crippen molar-refractivity contribution in [1.29, 1.82) is 0 Å². The molecule has 0 N–H and O–H groups in total. The van der Waals surface area contributed by atoms with Crippen molar-refractivity contribution in [2.75, 3.05) is 0 Å². The largest absolute Gasteiger partial charge is 0.180 e. The third-order valence-electron chi connectivity index (χ3n) is 1.91. The van der Waals surface area contributed by atoms with Crippen molar-refractivity contribution in [3.05, 3.63) is 5.82 Å². The average Bonchev–Trinajstić information content (AvgIpc) is 2.32. The summed E-state index contributed by atoms with van der Waals surface area (Å²) in [6.07, 6.45) is 0.999. The fourth-order valence-electron chi connectivity index (χ4n) is 1.35. The Labute approximate surface area is 86.8 Å². The molecule has 0 fully saturated rings. The maximum absolute atomic E-state index is 4.21. The molecule has 0 amide bonds. The first-order valence-electron chi connectivity index (χ1n) is 4.30. The highest BCUT2D eigenvalue weighted by molar-refractivity contribution is 9.09. The smallest absolute Gasteiger partial charge is 0.167 e. The number of hydrogen-bond donors (Lipinski definition) is 0. The lowest BCUT2D eigenvalue weighted by molar-refractivity contribution is 0.450. The predicted molar refractivity (Wildman–Crippen MR) is 54.8 cm³/mol. The summed E-state index contributed by atoms with van der Waals surface area (Å²) in [5.74, 6) is 0.807. The molecule has 0 radical (unpaired) electrons. The fraction of sp³-hybridized carbons (Fsp3) is 0.875. The highest BCUT2D eigenvalue weighted by Gasteiger charge is 2.27. The van der Waals surface area contributed by atoms with Crippen molar-refractivity contribution in [1.82, 2.24) is 20.2 Å². The maximum atomic E-state index is 4.21. The molecule has 74 valence electrons. The van der Waals surface area contributed by atoms with Crippen LogP contribution in [0.3, 0.4) is 0 Å². The highest BCUT2D eigenvalue weighted by Crippen LogP contribution is 2.27. The lowest BCUT2D eigenvalue weighted by Gasteiger charge is -2.21. The van der Waals surface area contributed by atoms with Crippen molar-refractivity contribution in [3.63, 3.8) is 0 Å². The monoisotopic (exact) mass is 246 g/mol. The molecule has 1 unspecified atom stereocenters. The maximum Gasteiger partial charge on any atom is 0.180 e. The number of rotatable bonds is 3. The Balaban J connectivity index is 2.80. The zero-order valence-corrected chi connectivity index (χ0v) is 10.0. The van der Waals surface area contributed by atoms with E-state index in [0.717, 1.165) is 12.2 Å². The molecule has 0 aliphatic carbocycles. The second-order valence-corrected chi connectivity index (χ2v) is 5.53. The molecular formula is C8H15BrN4. The van der Waals surface area contributed by atoms with Crippen molar-refractivity contribution in [3.8, 4) is 0 Å². The highest BCUT2D eigenvalue weighted by atomic mass is 79.9. The van der Waals surface area contributed by atoms with Crippen molar-refractivity contribution in [2.24, 2.45) is 7.05 Å². The lowest BCUT2D eigenvalue weighted by Crippen LogP contribution is -2.22. The number of halogens is 1. The van der Waals surface area contributed by atoms with E-state index >= 15 is 0 Å². The zero-order valence-electron chi connectivity index (χ0n) is 8.45. The lowest BCUT2D eigenvalue weighted by atomic mass is 9.87. The second-order valence-electron chi connectivity index (χ2n) is 3.97. The van der Waals surface area contributed by atoms with E-state index in [-0.39, 0.29) is 5.41 Å². The Morgan fingerprint density at radius 2 is 2.15 bits per heavy atom. The van der Waals surface area contributed by atoms with Gasteiger partial charge < -0.3 is 0 Å². The minimum atomic E-state index is -0.0167. The molecule has 0 saturated heterocycles. The molecule has 13 heavy (non-hydrogen) atoms. The van der Waals surface area contributed by atoms with Gasteiger partial charge in [-0.1, -0.05) is 36.7 Å². The van der Waals surface area contributed by atoms with E-state index in [9.17, 15) is 0 Å². The number of nitrogens with zero attached hydrogens (tertiary/aromatic N) is 4. The first-order chi connectivity index (χ1) is 5.92. The van der Waals surface area contributed by atoms with Gasteiger partial charge in [0.05, 0.1) is 7.05 Å². The fourth-order valence-corrected chi connectivity index (χ4v) is 2.16. The van der Waals surface area contributed by atoms with Gasteiger partial charge >= 0.3 is 0 Å². The summed E-state index contributed by atoms with van der Waals surface area (Å²) in [5.41, 5.74) is -0.0167. The molecule has 1 atom stereocenters. The Morgan fingerprint density at radius 1 is 1.54 bits per heavy atom. The standard InChI is InChI=1S/C8H15BrN4/c1-6(9)5-8(2,3)7-10-12-13(4)11-7/h6H,5H2,1-4H3. The molecule has 5 heteroatoms. The number of tetrazole rings is 1. The molecule has 4 nitrogen and oxygen atoms in total. The minimum absolute atomic E-state index is 0.0167. The van der Waals surface area contributed by atoms with Crippen LogP contribution in [-0.4, -0.2) is 25.0 Å². The summed E-state index contributed by atoms with van der Waals surface area (Å²) in [4.78, 5) is 1.96. The van der Waals surface area contributed by atoms with Gasteiger partial charge in [0.1, 0.15) is 0 Å². The van der Waals surface area contributed by atoms with Crippen molar-refractivity contribution < 1.29 is 0 Å². The molecular weight excluding hydrogens is 232 g/mol. The first-order valence-corrected chi connectivity index (χ1v) is 5.22. The average molecular weight is 247 g/mol. The van der Waals surface area contributed by atoms with E-state index < -0.39 is 0 Å². The molecule has 1 aromatic heterocycles. The van der Waals surface area contributed by atoms with Crippen LogP contribution in [0.25, 0.3) is 0 Å². The van der Waals surface area contributed by atoms with Crippen LogP contribution in [0, 0.1) is 0 Å².